The molecule has 76 valence electrons. The first-order valence-electron chi connectivity index (χ1n) is 4.41. The molecule has 0 aromatic carbocycles. The molecule has 0 unspecified atom stereocenters. The van der Waals surface area contributed by atoms with Crippen LogP contribution in [0.15, 0.2) is 42.0 Å². The van der Waals surface area contributed by atoms with Crippen LogP contribution in [0.2, 0.25) is 5.02 Å². The van der Waals surface area contributed by atoms with Crippen molar-refractivity contribution < 1.29 is 0 Å². The van der Waals surface area contributed by atoms with Crippen molar-refractivity contribution in [2.24, 2.45) is 4.99 Å². The van der Waals surface area contributed by atoms with Crippen LogP contribution in [-0.4, -0.2) is 20.4 Å². The molecule has 0 bridgehead atoms. The molecule has 0 atom stereocenters. The second-order valence-electron chi connectivity index (χ2n) is 2.96. The molecule has 0 spiro atoms. The Kier molecular flexibility index (Phi) is 2.78. The highest BCUT2D eigenvalue weighted by atomic mass is 35.5. The van der Waals surface area contributed by atoms with Crippen LogP contribution in [-0.2, 0) is 0 Å². The minimum atomic E-state index is 0.606. The van der Waals surface area contributed by atoms with Gasteiger partial charge in [-0.05, 0) is 19.1 Å². The highest BCUT2D eigenvalue weighted by Crippen LogP contribution is 2.12. The second-order valence-corrected chi connectivity index (χ2v) is 3.40. The van der Waals surface area contributed by atoms with Crippen molar-refractivity contribution in [3.63, 3.8) is 0 Å². The zero-order valence-electron chi connectivity index (χ0n) is 8.13. The van der Waals surface area contributed by atoms with Crippen molar-refractivity contribution in [1.29, 1.82) is 0 Å². The number of hydrogen-bond acceptors (Lipinski definition) is 3. The van der Waals surface area contributed by atoms with E-state index >= 15 is 0 Å². The predicted molar refractivity (Wildman–Crippen MR) is 59.6 cm³/mol. The van der Waals surface area contributed by atoms with Crippen LogP contribution >= 0.6 is 11.6 Å². The van der Waals surface area contributed by atoms with Crippen molar-refractivity contribution in [3.8, 4) is 0 Å². The predicted octanol–water partition coefficient (Wildman–Crippen LogP) is 2.53. The van der Waals surface area contributed by atoms with Gasteiger partial charge in [0.25, 0.3) is 0 Å². The van der Waals surface area contributed by atoms with Crippen LogP contribution in [0.1, 0.15) is 6.92 Å². The summed E-state index contributed by atoms with van der Waals surface area (Å²) in [6, 6.07) is 3.53. The molecule has 0 amide bonds. The standard InChI is InChI=1S/C10H9ClN4/c1-8(15-5-4-12-7-15)14-10-3-2-9(11)6-13-10/h2-7H,1H3. The Hall–Kier alpha value is -1.68. The fraction of sp³-hybridized carbons (Fsp3) is 0.100. The number of halogens is 1. The van der Waals surface area contributed by atoms with Gasteiger partial charge < -0.3 is 0 Å². The highest BCUT2D eigenvalue weighted by molar-refractivity contribution is 6.30. The van der Waals surface area contributed by atoms with Crippen molar-refractivity contribution in [3.05, 3.63) is 42.1 Å². The van der Waals surface area contributed by atoms with E-state index in [1.807, 2.05) is 17.7 Å². The number of rotatable bonds is 1. The third kappa shape index (κ3) is 2.41. The summed E-state index contributed by atoms with van der Waals surface area (Å²) in [6.07, 6.45) is 6.79. The molecule has 5 heteroatoms. The Morgan fingerprint density at radius 1 is 1.47 bits per heavy atom. The Morgan fingerprint density at radius 2 is 2.33 bits per heavy atom. The van der Waals surface area contributed by atoms with Crippen LogP contribution in [0.4, 0.5) is 5.82 Å². The molecule has 2 heterocycles. The number of pyridine rings is 1. The first kappa shape index (κ1) is 9.86. The molecule has 2 aromatic heterocycles. The molecular formula is C10H9ClN4. The van der Waals surface area contributed by atoms with E-state index in [4.69, 9.17) is 11.6 Å². The van der Waals surface area contributed by atoms with Crippen molar-refractivity contribution in [2.75, 3.05) is 0 Å². The van der Waals surface area contributed by atoms with Gasteiger partial charge in [0.15, 0.2) is 5.82 Å². The second kappa shape index (κ2) is 4.23. The number of imidazole rings is 1. The summed E-state index contributed by atoms with van der Waals surface area (Å²) in [5, 5.41) is 0.606. The molecule has 4 nitrogen and oxygen atoms in total. The molecule has 0 fully saturated rings. The van der Waals surface area contributed by atoms with Gasteiger partial charge in [0.2, 0.25) is 0 Å². The molecular weight excluding hydrogens is 212 g/mol. The Morgan fingerprint density at radius 3 is 2.93 bits per heavy atom. The quantitative estimate of drug-likeness (QED) is 0.548. The van der Waals surface area contributed by atoms with Gasteiger partial charge in [0, 0.05) is 18.6 Å². The van der Waals surface area contributed by atoms with E-state index in [0.29, 0.717) is 10.8 Å². The summed E-state index contributed by atoms with van der Waals surface area (Å²) in [5.74, 6) is 1.44. The molecule has 0 aliphatic rings. The average Bonchev–Trinajstić information content (AvgIpc) is 2.74. The highest BCUT2D eigenvalue weighted by Gasteiger charge is 1.96. The molecule has 0 aliphatic heterocycles. The largest absolute Gasteiger partial charge is 0.294 e. The first-order valence-corrected chi connectivity index (χ1v) is 4.79. The molecule has 0 saturated heterocycles. The number of nitrogens with zero attached hydrogens (tertiary/aromatic N) is 4. The number of aromatic nitrogens is 3. The Bertz CT molecular complexity index is 459. The zero-order chi connectivity index (χ0) is 10.7. The monoisotopic (exact) mass is 220 g/mol. The fourth-order valence-corrected chi connectivity index (χ4v) is 1.22. The van der Waals surface area contributed by atoms with Crippen molar-refractivity contribution in [1.82, 2.24) is 14.5 Å². The molecule has 0 radical (unpaired) electrons. The van der Waals surface area contributed by atoms with E-state index in [1.54, 1.807) is 30.9 Å². The third-order valence-corrected chi connectivity index (χ3v) is 2.09. The summed E-state index contributed by atoms with van der Waals surface area (Å²) in [4.78, 5) is 12.3. The normalized spacial score (nSPS) is 11.7. The molecule has 15 heavy (non-hydrogen) atoms. The van der Waals surface area contributed by atoms with Gasteiger partial charge in [0.1, 0.15) is 12.2 Å². The van der Waals surface area contributed by atoms with E-state index in [1.165, 1.54) is 0 Å². The maximum Gasteiger partial charge on any atom is 0.153 e. The molecule has 0 saturated carbocycles. The van der Waals surface area contributed by atoms with Gasteiger partial charge in [-0.15, -0.1) is 0 Å². The van der Waals surface area contributed by atoms with Gasteiger partial charge in [-0.3, -0.25) is 4.57 Å². The Balaban J connectivity index is 2.27. The van der Waals surface area contributed by atoms with Gasteiger partial charge in [-0.1, -0.05) is 11.6 Å². The average molecular weight is 221 g/mol. The van der Waals surface area contributed by atoms with Gasteiger partial charge in [0.05, 0.1) is 5.02 Å². The minimum Gasteiger partial charge on any atom is -0.294 e. The number of hydrogen-bond donors (Lipinski definition) is 0. The van der Waals surface area contributed by atoms with E-state index in [-0.39, 0.29) is 0 Å². The smallest absolute Gasteiger partial charge is 0.153 e. The van der Waals surface area contributed by atoms with E-state index in [0.717, 1.165) is 5.84 Å². The van der Waals surface area contributed by atoms with E-state index in [2.05, 4.69) is 15.0 Å². The minimum absolute atomic E-state index is 0.606. The van der Waals surface area contributed by atoms with Crippen LogP contribution in [0.5, 0.6) is 0 Å². The van der Waals surface area contributed by atoms with Gasteiger partial charge >= 0.3 is 0 Å². The molecule has 2 aromatic rings. The summed E-state index contributed by atoms with van der Waals surface area (Å²) in [7, 11) is 0. The summed E-state index contributed by atoms with van der Waals surface area (Å²) >= 11 is 5.72. The van der Waals surface area contributed by atoms with E-state index < -0.39 is 0 Å². The van der Waals surface area contributed by atoms with Crippen molar-refractivity contribution >= 4 is 23.3 Å². The lowest BCUT2D eigenvalue weighted by Gasteiger charge is -1.99. The topological polar surface area (TPSA) is 43.1 Å². The lowest BCUT2D eigenvalue weighted by atomic mass is 10.4. The first-order chi connectivity index (χ1) is 7.25. The summed E-state index contributed by atoms with van der Waals surface area (Å²) in [6.45, 7) is 1.89. The Labute approximate surface area is 92.3 Å². The zero-order valence-corrected chi connectivity index (χ0v) is 8.89. The van der Waals surface area contributed by atoms with Crippen LogP contribution in [0.3, 0.4) is 0 Å². The van der Waals surface area contributed by atoms with Crippen molar-refractivity contribution in [2.45, 2.75) is 6.92 Å². The van der Waals surface area contributed by atoms with Crippen LogP contribution < -0.4 is 0 Å². The van der Waals surface area contributed by atoms with Gasteiger partial charge in [-0.25, -0.2) is 15.0 Å². The SMILES string of the molecule is CC(=Nc1ccc(Cl)cn1)n1ccnc1. The van der Waals surface area contributed by atoms with Crippen LogP contribution in [0.25, 0.3) is 0 Å². The molecule has 0 N–H and O–H groups in total. The fourth-order valence-electron chi connectivity index (χ4n) is 1.11. The summed E-state index contributed by atoms with van der Waals surface area (Å²) in [5.41, 5.74) is 0. The number of aliphatic imine (C=N–C) groups is 1. The van der Waals surface area contributed by atoms with Gasteiger partial charge in [-0.2, -0.15) is 0 Å². The summed E-state index contributed by atoms with van der Waals surface area (Å²) < 4.78 is 1.82. The maximum absolute atomic E-state index is 5.72. The van der Waals surface area contributed by atoms with E-state index in [9.17, 15) is 0 Å². The lowest BCUT2D eigenvalue weighted by Crippen LogP contribution is -2.03. The van der Waals surface area contributed by atoms with Crippen LogP contribution in [0, 0.1) is 0 Å². The lowest BCUT2D eigenvalue weighted by molar-refractivity contribution is 1.10. The molecule has 0 aliphatic carbocycles. The molecule has 2 rings (SSSR count). The third-order valence-electron chi connectivity index (χ3n) is 1.87. The maximum atomic E-state index is 5.72.